The van der Waals surface area contributed by atoms with Gasteiger partial charge in [-0.15, -0.1) is 0 Å². The highest BCUT2D eigenvalue weighted by molar-refractivity contribution is 5.63. The van der Waals surface area contributed by atoms with Crippen LogP contribution in [-0.2, 0) is 17.9 Å². The molecule has 0 atom stereocenters. The molecule has 0 amide bonds. The normalized spacial score (nSPS) is 14.8. The van der Waals surface area contributed by atoms with Crippen LogP contribution in [0.15, 0.2) is 66.9 Å². The highest BCUT2D eigenvalue weighted by Gasteiger charge is 2.10. The molecule has 4 heteroatoms. The lowest BCUT2D eigenvalue weighted by Crippen LogP contribution is -2.35. The van der Waals surface area contributed by atoms with Gasteiger partial charge in [-0.25, -0.2) is 0 Å². The second kappa shape index (κ2) is 9.00. The number of rotatable bonds is 6. The van der Waals surface area contributed by atoms with Crippen LogP contribution in [0.25, 0.3) is 11.3 Å². The van der Waals surface area contributed by atoms with Crippen molar-refractivity contribution in [2.24, 2.45) is 0 Å². The first-order chi connectivity index (χ1) is 13.8. The fourth-order valence-corrected chi connectivity index (χ4v) is 3.42. The van der Waals surface area contributed by atoms with Crippen molar-refractivity contribution in [2.45, 2.75) is 20.1 Å². The molecule has 0 N–H and O–H groups in total. The Morgan fingerprint density at radius 3 is 2.36 bits per heavy atom. The Balaban J connectivity index is 1.32. The minimum Gasteiger partial charge on any atom is -0.489 e. The maximum absolute atomic E-state index is 5.96. The van der Waals surface area contributed by atoms with Gasteiger partial charge in [-0.05, 0) is 53.9 Å². The summed E-state index contributed by atoms with van der Waals surface area (Å²) < 4.78 is 11.4. The van der Waals surface area contributed by atoms with E-state index in [2.05, 4.69) is 59.3 Å². The van der Waals surface area contributed by atoms with E-state index in [9.17, 15) is 0 Å². The number of hydrogen-bond acceptors (Lipinski definition) is 4. The second-order valence-corrected chi connectivity index (χ2v) is 7.19. The fraction of sp³-hybridized carbons (Fsp3) is 0.292. The van der Waals surface area contributed by atoms with Crippen LogP contribution in [0.4, 0.5) is 0 Å². The summed E-state index contributed by atoms with van der Waals surface area (Å²) in [5.41, 5.74) is 5.81. The molecule has 0 unspecified atom stereocenters. The van der Waals surface area contributed by atoms with Crippen LogP contribution in [-0.4, -0.2) is 36.2 Å². The van der Waals surface area contributed by atoms with E-state index in [1.807, 2.05) is 24.4 Å². The predicted octanol–water partition coefficient (Wildman–Crippen LogP) is 4.47. The van der Waals surface area contributed by atoms with Crippen molar-refractivity contribution in [3.8, 4) is 17.0 Å². The van der Waals surface area contributed by atoms with Crippen molar-refractivity contribution in [3.05, 3.63) is 83.6 Å². The van der Waals surface area contributed by atoms with Gasteiger partial charge in [0.2, 0.25) is 0 Å². The van der Waals surface area contributed by atoms with Gasteiger partial charge in [-0.1, -0.05) is 30.3 Å². The van der Waals surface area contributed by atoms with Crippen LogP contribution in [0, 0.1) is 6.92 Å². The predicted molar refractivity (Wildman–Crippen MR) is 111 cm³/mol. The van der Waals surface area contributed by atoms with Crippen molar-refractivity contribution >= 4 is 0 Å². The van der Waals surface area contributed by atoms with E-state index >= 15 is 0 Å². The van der Waals surface area contributed by atoms with Crippen molar-refractivity contribution in [2.75, 3.05) is 26.3 Å². The smallest absolute Gasteiger partial charge is 0.119 e. The summed E-state index contributed by atoms with van der Waals surface area (Å²) in [6.07, 6.45) is 1.83. The number of aryl methyl sites for hydroxylation is 1. The zero-order chi connectivity index (χ0) is 19.2. The van der Waals surface area contributed by atoms with Crippen molar-refractivity contribution in [1.29, 1.82) is 0 Å². The van der Waals surface area contributed by atoms with Crippen molar-refractivity contribution < 1.29 is 9.47 Å². The van der Waals surface area contributed by atoms with E-state index in [1.54, 1.807) is 0 Å². The Bertz CT molecular complexity index is 885. The molecule has 0 spiro atoms. The van der Waals surface area contributed by atoms with Gasteiger partial charge in [-0.2, -0.15) is 0 Å². The third kappa shape index (κ3) is 4.77. The molecule has 0 bridgehead atoms. The molecule has 28 heavy (non-hydrogen) atoms. The Morgan fingerprint density at radius 1 is 0.929 bits per heavy atom. The van der Waals surface area contributed by atoms with Crippen LogP contribution < -0.4 is 4.74 Å². The zero-order valence-electron chi connectivity index (χ0n) is 16.3. The van der Waals surface area contributed by atoms with Gasteiger partial charge < -0.3 is 9.47 Å². The average Bonchev–Trinajstić information content (AvgIpc) is 2.75. The molecule has 4 rings (SSSR count). The summed E-state index contributed by atoms with van der Waals surface area (Å²) in [6, 6.07) is 20.9. The molecule has 1 saturated heterocycles. The lowest BCUT2D eigenvalue weighted by molar-refractivity contribution is 0.0342. The molecule has 1 aliphatic heterocycles. The summed E-state index contributed by atoms with van der Waals surface area (Å²) in [5.74, 6) is 0.870. The van der Waals surface area contributed by atoms with Crippen molar-refractivity contribution in [3.63, 3.8) is 0 Å². The molecule has 2 heterocycles. The summed E-state index contributed by atoms with van der Waals surface area (Å²) in [6.45, 7) is 7.33. The van der Waals surface area contributed by atoms with Crippen LogP contribution >= 0.6 is 0 Å². The zero-order valence-corrected chi connectivity index (χ0v) is 16.3. The van der Waals surface area contributed by atoms with Gasteiger partial charge in [0, 0.05) is 31.4 Å². The Labute approximate surface area is 166 Å². The number of nitrogens with zero attached hydrogens (tertiary/aromatic N) is 2. The highest BCUT2D eigenvalue weighted by atomic mass is 16.5. The van der Waals surface area contributed by atoms with E-state index in [1.165, 1.54) is 16.7 Å². The van der Waals surface area contributed by atoms with Gasteiger partial charge in [0.15, 0.2) is 0 Å². The Hall–Kier alpha value is -2.69. The van der Waals surface area contributed by atoms with Crippen molar-refractivity contribution in [1.82, 2.24) is 9.88 Å². The molecule has 1 aromatic heterocycles. The molecule has 3 aromatic rings. The lowest BCUT2D eigenvalue weighted by Gasteiger charge is -2.26. The van der Waals surface area contributed by atoms with Crippen LogP contribution in [0.5, 0.6) is 5.75 Å². The standard InChI is InChI=1S/C24H26N2O2/c1-19-3-2-12-25-24(19)22-8-10-23(11-9-22)28-18-21-6-4-20(5-7-21)17-26-13-15-27-16-14-26/h2-12H,13-18H2,1H3. The van der Waals surface area contributed by atoms with Crippen LogP contribution in [0.2, 0.25) is 0 Å². The second-order valence-electron chi connectivity index (χ2n) is 7.19. The Kier molecular flexibility index (Phi) is 6.00. The SMILES string of the molecule is Cc1cccnc1-c1ccc(OCc2ccc(CN3CCOCC3)cc2)cc1. The molecule has 1 fully saturated rings. The number of morpholine rings is 1. The average molecular weight is 374 g/mol. The third-order valence-electron chi connectivity index (χ3n) is 5.08. The fourth-order valence-electron chi connectivity index (χ4n) is 3.42. The summed E-state index contributed by atoms with van der Waals surface area (Å²) in [4.78, 5) is 6.90. The molecular formula is C24H26N2O2. The van der Waals surface area contributed by atoms with Crippen LogP contribution in [0.1, 0.15) is 16.7 Å². The van der Waals surface area contributed by atoms with Gasteiger partial charge in [0.25, 0.3) is 0 Å². The van der Waals surface area contributed by atoms with E-state index in [4.69, 9.17) is 9.47 Å². The largest absolute Gasteiger partial charge is 0.489 e. The van der Waals surface area contributed by atoms with Gasteiger partial charge in [-0.3, -0.25) is 9.88 Å². The number of benzene rings is 2. The number of ether oxygens (including phenoxy) is 2. The van der Waals surface area contributed by atoms with E-state index < -0.39 is 0 Å². The van der Waals surface area contributed by atoms with Gasteiger partial charge in [0.1, 0.15) is 12.4 Å². The first-order valence-electron chi connectivity index (χ1n) is 9.81. The quantitative estimate of drug-likeness (QED) is 0.638. The first-order valence-corrected chi connectivity index (χ1v) is 9.81. The molecule has 1 aliphatic rings. The molecule has 0 radical (unpaired) electrons. The van der Waals surface area contributed by atoms with Crippen LogP contribution in [0.3, 0.4) is 0 Å². The molecule has 4 nitrogen and oxygen atoms in total. The summed E-state index contributed by atoms with van der Waals surface area (Å²) in [7, 11) is 0. The maximum atomic E-state index is 5.96. The minimum atomic E-state index is 0.569. The maximum Gasteiger partial charge on any atom is 0.119 e. The highest BCUT2D eigenvalue weighted by Crippen LogP contribution is 2.23. The molecule has 144 valence electrons. The van der Waals surface area contributed by atoms with Gasteiger partial charge >= 0.3 is 0 Å². The lowest BCUT2D eigenvalue weighted by atomic mass is 10.1. The van der Waals surface area contributed by atoms with E-state index in [-0.39, 0.29) is 0 Å². The summed E-state index contributed by atoms with van der Waals surface area (Å²) >= 11 is 0. The number of aromatic nitrogens is 1. The Morgan fingerprint density at radius 2 is 1.64 bits per heavy atom. The number of hydrogen-bond donors (Lipinski definition) is 0. The molecular weight excluding hydrogens is 348 g/mol. The number of pyridine rings is 1. The van der Waals surface area contributed by atoms with Gasteiger partial charge in [0.05, 0.1) is 18.9 Å². The topological polar surface area (TPSA) is 34.6 Å². The molecule has 0 saturated carbocycles. The molecule has 2 aromatic carbocycles. The minimum absolute atomic E-state index is 0.569. The third-order valence-corrected chi connectivity index (χ3v) is 5.08. The first kappa shape index (κ1) is 18.7. The molecule has 0 aliphatic carbocycles. The van der Waals surface area contributed by atoms with E-state index in [0.717, 1.165) is 49.9 Å². The summed E-state index contributed by atoms with van der Waals surface area (Å²) in [5, 5.41) is 0. The monoisotopic (exact) mass is 374 g/mol. The van der Waals surface area contributed by atoms with E-state index in [0.29, 0.717) is 6.61 Å².